The van der Waals surface area contributed by atoms with Gasteiger partial charge in [-0.15, -0.1) is 0 Å². The smallest absolute Gasteiger partial charge is 0.242 e. The number of nitrogens with one attached hydrogen (secondary N) is 1. The molecule has 0 unspecified atom stereocenters. The molecule has 1 rings (SSSR count). The second-order valence-electron chi connectivity index (χ2n) is 4.93. The van der Waals surface area contributed by atoms with E-state index in [2.05, 4.69) is 5.32 Å². The van der Waals surface area contributed by atoms with Crippen molar-refractivity contribution in [3.05, 3.63) is 35.4 Å². The summed E-state index contributed by atoms with van der Waals surface area (Å²) in [6.07, 6.45) is 0.398. The van der Waals surface area contributed by atoms with Crippen LogP contribution in [0.3, 0.4) is 0 Å². The first kappa shape index (κ1) is 16.2. The number of hydrogen-bond acceptors (Lipinski definition) is 2. The summed E-state index contributed by atoms with van der Waals surface area (Å²) in [5.41, 5.74) is 2.22. The molecule has 4 nitrogen and oxygen atoms in total. The van der Waals surface area contributed by atoms with Gasteiger partial charge >= 0.3 is 0 Å². The van der Waals surface area contributed by atoms with E-state index in [1.807, 2.05) is 45.0 Å². The van der Waals surface area contributed by atoms with Crippen molar-refractivity contribution in [3.63, 3.8) is 0 Å². The van der Waals surface area contributed by atoms with E-state index in [4.69, 9.17) is 0 Å². The van der Waals surface area contributed by atoms with Gasteiger partial charge in [-0.25, -0.2) is 0 Å². The fourth-order valence-corrected chi connectivity index (χ4v) is 2.00. The molecule has 0 aliphatic rings. The lowest BCUT2D eigenvalue weighted by Crippen LogP contribution is -2.47. The van der Waals surface area contributed by atoms with Crippen molar-refractivity contribution in [2.45, 2.75) is 46.7 Å². The summed E-state index contributed by atoms with van der Waals surface area (Å²) >= 11 is 0. The topological polar surface area (TPSA) is 49.4 Å². The average Bonchev–Trinajstić information content (AvgIpc) is 2.45. The van der Waals surface area contributed by atoms with Crippen LogP contribution in [-0.4, -0.2) is 29.3 Å². The van der Waals surface area contributed by atoms with Gasteiger partial charge in [0.1, 0.15) is 6.04 Å². The van der Waals surface area contributed by atoms with Crippen LogP contribution in [0.2, 0.25) is 0 Å². The molecule has 0 fully saturated rings. The van der Waals surface area contributed by atoms with Gasteiger partial charge in [0.2, 0.25) is 11.8 Å². The maximum Gasteiger partial charge on any atom is 0.242 e. The molecule has 110 valence electrons. The monoisotopic (exact) mass is 276 g/mol. The summed E-state index contributed by atoms with van der Waals surface area (Å²) in [5, 5.41) is 2.77. The third kappa shape index (κ3) is 4.37. The van der Waals surface area contributed by atoms with Crippen molar-refractivity contribution >= 4 is 11.8 Å². The first-order chi connectivity index (χ1) is 9.49. The first-order valence-electron chi connectivity index (χ1n) is 7.12. The highest BCUT2D eigenvalue weighted by molar-refractivity contribution is 5.87. The number of carbonyl (C=O) groups is 2. The van der Waals surface area contributed by atoms with Gasteiger partial charge in [-0.1, -0.05) is 36.8 Å². The van der Waals surface area contributed by atoms with Crippen molar-refractivity contribution in [2.24, 2.45) is 0 Å². The first-order valence-corrected chi connectivity index (χ1v) is 7.12. The molecule has 2 amide bonds. The number of nitrogens with zero attached hydrogens (tertiary/aromatic N) is 1. The zero-order chi connectivity index (χ0) is 15.1. The maximum atomic E-state index is 12.1. The summed E-state index contributed by atoms with van der Waals surface area (Å²) in [6, 6.07) is 7.57. The molecule has 0 aliphatic heterocycles. The number of rotatable bonds is 6. The van der Waals surface area contributed by atoms with Crippen LogP contribution in [-0.2, 0) is 16.1 Å². The lowest BCUT2D eigenvalue weighted by atomic mass is 10.1. The Hall–Kier alpha value is -1.84. The largest absolute Gasteiger partial charge is 0.355 e. The van der Waals surface area contributed by atoms with Crippen LogP contribution in [0.25, 0.3) is 0 Å². The molecule has 0 saturated carbocycles. The lowest BCUT2D eigenvalue weighted by Gasteiger charge is -2.28. The van der Waals surface area contributed by atoms with Crippen LogP contribution < -0.4 is 5.32 Å². The second-order valence-corrected chi connectivity index (χ2v) is 4.93. The molecule has 0 saturated heterocycles. The Balaban J connectivity index is 2.86. The van der Waals surface area contributed by atoms with Gasteiger partial charge in [0.25, 0.3) is 0 Å². The minimum absolute atomic E-state index is 0.00988. The number of amides is 2. The molecular formula is C16H24N2O2. The zero-order valence-electron chi connectivity index (χ0n) is 12.8. The molecular weight excluding hydrogens is 252 g/mol. The molecule has 0 aliphatic carbocycles. The molecule has 20 heavy (non-hydrogen) atoms. The summed E-state index contributed by atoms with van der Waals surface area (Å²) in [4.78, 5) is 25.7. The highest BCUT2D eigenvalue weighted by atomic mass is 16.2. The quantitative estimate of drug-likeness (QED) is 0.866. The summed E-state index contributed by atoms with van der Waals surface area (Å²) in [5.74, 6) is -0.120. The molecule has 0 heterocycles. The molecule has 1 aromatic carbocycles. The molecule has 0 bridgehead atoms. The third-order valence-electron chi connectivity index (χ3n) is 3.29. The lowest BCUT2D eigenvalue weighted by molar-refractivity contribution is -0.140. The average molecular weight is 276 g/mol. The van der Waals surface area contributed by atoms with Crippen LogP contribution >= 0.6 is 0 Å². The third-order valence-corrected chi connectivity index (χ3v) is 3.29. The number of aryl methyl sites for hydroxylation is 1. The van der Waals surface area contributed by atoms with Crippen LogP contribution in [0, 0.1) is 6.92 Å². The van der Waals surface area contributed by atoms with Crippen molar-refractivity contribution < 1.29 is 9.59 Å². The van der Waals surface area contributed by atoms with Gasteiger partial charge in [0.05, 0.1) is 0 Å². The molecule has 4 heteroatoms. The number of carbonyl (C=O) groups excluding carboxylic acids is 2. The van der Waals surface area contributed by atoms with E-state index in [-0.39, 0.29) is 11.8 Å². The molecule has 0 spiro atoms. The van der Waals surface area contributed by atoms with E-state index in [1.165, 1.54) is 5.56 Å². The Kier molecular flexibility index (Phi) is 6.22. The van der Waals surface area contributed by atoms with E-state index < -0.39 is 6.04 Å². The minimum atomic E-state index is -0.455. The van der Waals surface area contributed by atoms with Gasteiger partial charge in [0.15, 0.2) is 0 Å². The fourth-order valence-electron chi connectivity index (χ4n) is 2.00. The summed E-state index contributed by atoms with van der Waals surface area (Å²) in [6.45, 7) is 8.52. The Labute approximate surface area is 121 Å². The number of benzene rings is 1. The zero-order valence-corrected chi connectivity index (χ0v) is 12.8. The van der Waals surface area contributed by atoms with Gasteiger partial charge in [0, 0.05) is 19.5 Å². The predicted molar refractivity (Wildman–Crippen MR) is 80.2 cm³/mol. The van der Waals surface area contributed by atoms with E-state index in [1.54, 1.807) is 11.8 Å². The minimum Gasteiger partial charge on any atom is -0.355 e. The Bertz CT molecular complexity index is 454. The van der Waals surface area contributed by atoms with Crippen molar-refractivity contribution in [1.82, 2.24) is 10.2 Å². The molecule has 0 aromatic heterocycles. The van der Waals surface area contributed by atoms with Gasteiger partial charge in [-0.05, 0) is 26.3 Å². The normalized spacial score (nSPS) is 11.8. The van der Waals surface area contributed by atoms with E-state index in [0.717, 1.165) is 5.56 Å². The fraction of sp³-hybridized carbons (Fsp3) is 0.500. The Morgan fingerprint density at radius 2 is 1.80 bits per heavy atom. The van der Waals surface area contributed by atoms with Crippen LogP contribution in [0.15, 0.2) is 24.3 Å². The van der Waals surface area contributed by atoms with Crippen LogP contribution in [0.1, 0.15) is 38.3 Å². The van der Waals surface area contributed by atoms with Gasteiger partial charge in [-0.2, -0.15) is 0 Å². The molecule has 0 radical (unpaired) electrons. The van der Waals surface area contributed by atoms with Crippen LogP contribution in [0.4, 0.5) is 0 Å². The van der Waals surface area contributed by atoms with Crippen LogP contribution in [0.5, 0.6) is 0 Å². The second kappa shape index (κ2) is 7.68. The van der Waals surface area contributed by atoms with Gasteiger partial charge in [-0.3, -0.25) is 9.59 Å². The van der Waals surface area contributed by atoms with Crippen molar-refractivity contribution in [1.29, 1.82) is 0 Å². The Morgan fingerprint density at radius 3 is 2.30 bits per heavy atom. The van der Waals surface area contributed by atoms with Crippen molar-refractivity contribution in [3.8, 4) is 0 Å². The highest BCUT2D eigenvalue weighted by Gasteiger charge is 2.24. The van der Waals surface area contributed by atoms with E-state index in [9.17, 15) is 9.59 Å². The standard InChI is InChI=1S/C16H24N2O2/c1-5-15(19)18(13(4)16(20)17-6-2)11-14-9-7-12(3)8-10-14/h7-10,13H,5-6,11H2,1-4H3,(H,17,20)/t13-/m1/s1. The molecule has 1 atom stereocenters. The predicted octanol–water partition coefficient (Wildman–Crippen LogP) is 2.26. The summed E-state index contributed by atoms with van der Waals surface area (Å²) in [7, 11) is 0. The molecule has 1 N–H and O–H groups in total. The SMILES string of the molecule is CCNC(=O)[C@@H](C)N(Cc1ccc(C)cc1)C(=O)CC. The molecule has 1 aromatic rings. The van der Waals surface area contributed by atoms with E-state index >= 15 is 0 Å². The highest BCUT2D eigenvalue weighted by Crippen LogP contribution is 2.11. The van der Waals surface area contributed by atoms with Gasteiger partial charge < -0.3 is 10.2 Å². The van der Waals surface area contributed by atoms with E-state index in [0.29, 0.717) is 19.5 Å². The number of likely N-dealkylation sites (N-methyl/N-ethyl adjacent to an activating group) is 1. The number of hydrogen-bond donors (Lipinski definition) is 1. The van der Waals surface area contributed by atoms with Crippen molar-refractivity contribution in [2.75, 3.05) is 6.54 Å². The summed E-state index contributed by atoms with van der Waals surface area (Å²) < 4.78 is 0. The Morgan fingerprint density at radius 1 is 1.20 bits per heavy atom. The maximum absolute atomic E-state index is 12.1.